The van der Waals surface area contributed by atoms with Crippen molar-refractivity contribution in [3.05, 3.63) is 97.2 Å². The van der Waals surface area contributed by atoms with Crippen molar-refractivity contribution in [2.75, 3.05) is 13.2 Å². The summed E-state index contributed by atoms with van der Waals surface area (Å²) in [6, 6.07) is 0. The summed E-state index contributed by atoms with van der Waals surface area (Å²) in [6.07, 6.45) is 87.0. The SMILES string of the molecule is CCCCC/C=C\C/C=C\C/C=C\C/C=C\CCCCCC(=O)OCC(COC(=O)CCCCC/C=C\C/C=C\C/C=C\C/C=C\CCCCC)OC(=O)CCCCCCCCCCCCCCCCCCCCCCC. The van der Waals surface area contributed by atoms with Gasteiger partial charge in [-0.15, -0.1) is 0 Å². The van der Waals surface area contributed by atoms with Crippen LogP contribution in [0.1, 0.15) is 316 Å². The first kappa shape index (κ1) is 73.3. The highest BCUT2D eigenvalue weighted by Gasteiger charge is 2.19. The molecule has 0 radical (unpaired) electrons. The lowest BCUT2D eigenvalue weighted by atomic mass is 10.0. The average Bonchev–Trinajstić information content (AvgIpc) is 3.43. The molecule has 0 unspecified atom stereocenters. The van der Waals surface area contributed by atoms with Gasteiger partial charge in [0.25, 0.3) is 0 Å². The van der Waals surface area contributed by atoms with Crippen molar-refractivity contribution in [1.82, 2.24) is 0 Å². The molecule has 0 fully saturated rings. The molecule has 0 saturated carbocycles. The second-order valence-electron chi connectivity index (χ2n) is 21.7. The van der Waals surface area contributed by atoms with E-state index in [0.717, 1.165) is 109 Å². The van der Waals surface area contributed by atoms with Gasteiger partial charge in [-0.05, 0) is 109 Å². The van der Waals surface area contributed by atoms with Crippen LogP contribution in [0.5, 0.6) is 0 Å². The van der Waals surface area contributed by atoms with Crippen molar-refractivity contribution in [2.45, 2.75) is 322 Å². The van der Waals surface area contributed by atoms with Gasteiger partial charge in [-0.2, -0.15) is 0 Å². The molecule has 0 aromatic heterocycles. The van der Waals surface area contributed by atoms with Crippen LogP contribution in [0.15, 0.2) is 97.2 Å². The topological polar surface area (TPSA) is 78.9 Å². The van der Waals surface area contributed by atoms with E-state index in [9.17, 15) is 14.4 Å². The Balaban J connectivity index is 4.47. The first-order valence-electron chi connectivity index (χ1n) is 32.7. The molecule has 442 valence electrons. The highest BCUT2D eigenvalue weighted by Crippen LogP contribution is 2.17. The van der Waals surface area contributed by atoms with Crippen LogP contribution in [0.25, 0.3) is 0 Å². The van der Waals surface area contributed by atoms with Crippen LogP contribution in [-0.4, -0.2) is 37.2 Å². The van der Waals surface area contributed by atoms with Gasteiger partial charge in [0.1, 0.15) is 13.2 Å². The molecular formula is C71H122O6. The first-order chi connectivity index (χ1) is 38.0. The first-order valence-corrected chi connectivity index (χ1v) is 32.7. The van der Waals surface area contributed by atoms with Crippen LogP contribution in [0, 0.1) is 0 Å². The lowest BCUT2D eigenvalue weighted by molar-refractivity contribution is -0.167. The summed E-state index contributed by atoms with van der Waals surface area (Å²) in [6.45, 7) is 6.57. The third-order valence-corrected chi connectivity index (χ3v) is 14.1. The van der Waals surface area contributed by atoms with Crippen LogP contribution in [0.2, 0.25) is 0 Å². The monoisotopic (exact) mass is 1070 g/mol. The zero-order chi connectivity index (χ0) is 55.7. The molecule has 6 nitrogen and oxygen atoms in total. The molecule has 0 amide bonds. The molecule has 77 heavy (non-hydrogen) atoms. The van der Waals surface area contributed by atoms with E-state index in [1.165, 1.54) is 167 Å². The Morgan fingerprint density at radius 2 is 0.468 bits per heavy atom. The molecule has 0 spiro atoms. The fourth-order valence-electron chi connectivity index (χ4n) is 9.12. The Kier molecular flexibility index (Phi) is 61.8. The Morgan fingerprint density at radius 3 is 0.753 bits per heavy atom. The lowest BCUT2D eigenvalue weighted by Crippen LogP contribution is -2.30. The molecule has 0 aromatic rings. The summed E-state index contributed by atoms with van der Waals surface area (Å²) in [4.78, 5) is 38.4. The molecule has 0 N–H and O–H groups in total. The van der Waals surface area contributed by atoms with E-state index in [0.29, 0.717) is 19.3 Å². The zero-order valence-electron chi connectivity index (χ0n) is 50.7. The summed E-state index contributed by atoms with van der Waals surface area (Å²) in [5, 5.41) is 0. The van der Waals surface area contributed by atoms with Crippen LogP contribution in [0.3, 0.4) is 0 Å². The van der Waals surface area contributed by atoms with Crippen molar-refractivity contribution in [2.24, 2.45) is 0 Å². The van der Waals surface area contributed by atoms with Gasteiger partial charge in [-0.3, -0.25) is 14.4 Å². The lowest BCUT2D eigenvalue weighted by Gasteiger charge is -2.18. The second-order valence-corrected chi connectivity index (χ2v) is 21.7. The maximum absolute atomic E-state index is 12.9. The predicted octanol–water partition coefficient (Wildman–Crippen LogP) is 22.4. The van der Waals surface area contributed by atoms with Gasteiger partial charge < -0.3 is 14.2 Å². The van der Waals surface area contributed by atoms with E-state index >= 15 is 0 Å². The molecule has 0 aliphatic carbocycles. The predicted molar refractivity (Wildman–Crippen MR) is 334 cm³/mol. The summed E-state index contributed by atoms with van der Waals surface area (Å²) in [7, 11) is 0. The molecular weight excluding hydrogens is 949 g/mol. The Hall–Kier alpha value is -3.67. The molecule has 0 aliphatic rings. The molecule has 0 atom stereocenters. The van der Waals surface area contributed by atoms with Gasteiger partial charge in [-0.25, -0.2) is 0 Å². The maximum Gasteiger partial charge on any atom is 0.306 e. The van der Waals surface area contributed by atoms with Crippen LogP contribution < -0.4 is 0 Å². The van der Waals surface area contributed by atoms with Crippen molar-refractivity contribution in [1.29, 1.82) is 0 Å². The number of carbonyl (C=O) groups is 3. The van der Waals surface area contributed by atoms with Crippen molar-refractivity contribution < 1.29 is 28.6 Å². The largest absolute Gasteiger partial charge is 0.462 e. The van der Waals surface area contributed by atoms with Crippen molar-refractivity contribution in [3.8, 4) is 0 Å². The van der Waals surface area contributed by atoms with Gasteiger partial charge in [0.15, 0.2) is 6.10 Å². The van der Waals surface area contributed by atoms with Gasteiger partial charge in [0, 0.05) is 19.3 Å². The van der Waals surface area contributed by atoms with Gasteiger partial charge in [0.2, 0.25) is 0 Å². The van der Waals surface area contributed by atoms with Gasteiger partial charge in [-0.1, -0.05) is 285 Å². The number of hydrogen-bond donors (Lipinski definition) is 0. The molecule has 0 rings (SSSR count). The van der Waals surface area contributed by atoms with Gasteiger partial charge >= 0.3 is 17.9 Å². The Labute approximate surface area is 477 Å². The van der Waals surface area contributed by atoms with E-state index in [4.69, 9.17) is 14.2 Å². The molecule has 0 saturated heterocycles. The van der Waals surface area contributed by atoms with Crippen molar-refractivity contribution >= 4 is 17.9 Å². The van der Waals surface area contributed by atoms with Crippen molar-refractivity contribution in [3.63, 3.8) is 0 Å². The van der Waals surface area contributed by atoms with Gasteiger partial charge in [0.05, 0.1) is 0 Å². The minimum Gasteiger partial charge on any atom is -0.462 e. The minimum absolute atomic E-state index is 0.103. The van der Waals surface area contributed by atoms with E-state index in [1.54, 1.807) is 0 Å². The summed E-state index contributed by atoms with van der Waals surface area (Å²) in [5.74, 6) is -0.948. The fraction of sp³-hybridized carbons (Fsp3) is 0.732. The normalized spacial score (nSPS) is 12.4. The fourth-order valence-corrected chi connectivity index (χ4v) is 9.12. The van der Waals surface area contributed by atoms with E-state index in [-0.39, 0.29) is 31.1 Å². The third kappa shape index (κ3) is 63.0. The number of hydrogen-bond acceptors (Lipinski definition) is 6. The van der Waals surface area contributed by atoms with E-state index < -0.39 is 6.10 Å². The smallest absolute Gasteiger partial charge is 0.306 e. The molecule has 0 bridgehead atoms. The average molecular weight is 1070 g/mol. The van der Waals surface area contributed by atoms with Crippen LogP contribution >= 0.6 is 0 Å². The maximum atomic E-state index is 12.9. The second kappa shape index (κ2) is 64.9. The third-order valence-electron chi connectivity index (χ3n) is 14.1. The standard InChI is InChI=1S/C71H122O6/c1-4-7-10-13-16-19-22-25-28-31-34-35-38-41-44-47-50-53-56-59-62-65-71(74)77-68(66-75-69(72)63-60-57-54-51-48-45-42-39-36-32-29-26-23-20-17-14-11-8-5-2)67-76-70(73)64-61-58-55-52-49-46-43-40-37-33-30-27-24-21-18-15-12-9-6-3/h17-18,20-21,26-27,29-30,36-37,39-40,45-46,48-49,68H,4-16,19,22-25,28,31-35,38,41-44,47,50-67H2,1-3H3/b20-17-,21-18-,29-26-,30-27-,39-36-,40-37-,48-45-,49-46-. The summed E-state index contributed by atoms with van der Waals surface area (Å²) >= 11 is 0. The quantitative estimate of drug-likeness (QED) is 0.0261. The van der Waals surface area contributed by atoms with Crippen LogP contribution in [0.4, 0.5) is 0 Å². The van der Waals surface area contributed by atoms with Crippen LogP contribution in [-0.2, 0) is 28.6 Å². The number of unbranched alkanes of at least 4 members (excludes halogenated alkanes) is 32. The zero-order valence-corrected chi connectivity index (χ0v) is 50.7. The summed E-state index contributed by atoms with van der Waals surface area (Å²) < 4.78 is 16.9. The highest BCUT2D eigenvalue weighted by atomic mass is 16.6. The number of rotatable bonds is 59. The highest BCUT2D eigenvalue weighted by molar-refractivity contribution is 5.71. The number of ether oxygens (including phenoxy) is 3. The Bertz CT molecular complexity index is 1430. The van der Waals surface area contributed by atoms with E-state index in [1.807, 2.05) is 0 Å². The summed E-state index contributed by atoms with van der Waals surface area (Å²) in [5.41, 5.74) is 0. The molecule has 6 heteroatoms. The number of esters is 3. The Morgan fingerprint density at radius 1 is 0.260 bits per heavy atom. The molecule has 0 heterocycles. The molecule has 0 aliphatic heterocycles. The minimum atomic E-state index is -0.805. The molecule has 0 aromatic carbocycles. The number of carbonyl (C=O) groups excluding carboxylic acids is 3. The number of allylic oxidation sites excluding steroid dienone is 16. The van der Waals surface area contributed by atoms with E-state index in [2.05, 4.69) is 118 Å².